The number of hydrogen-bond acceptors (Lipinski definition) is 3. The van der Waals surface area contributed by atoms with E-state index in [0.29, 0.717) is 24.2 Å². The Morgan fingerprint density at radius 3 is 2.38 bits per heavy atom. The zero-order valence-corrected chi connectivity index (χ0v) is 15.8. The number of para-hydroxylation sites is 1. The van der Waals surface area contributed by atoms with Crippen molar-refractivity contribution in [1.29, 1.82) is 0 Å². The monoisotopic (exact) mass is 383 g/mol. The minimum Gasteiger partial charge on any atom is -0.508 e. The average Bonchev–Trinajstić information content (AvgIpc) is 3.21. The van der Waals surface area contributed by atoms with E-state index in [9.17, 15) is 9.90 Å². The van der Waals surface area contributed by atoms with Gasteiger partial charge in [-0.3, -0.25) is 4.79 Å². The zero-order valence-electron chi connectivity index (χ0n) is 15.8. The molecule has 0 bridgehead atoms. The fourth-order valence-corrected chi connectivity index (χ4v) is 3.19. The maximum Gasteiger partial charge on any atom is 0.255 e. The molecule has 0 fully saturated rings. The molecule has 0 saturated heterocycles. The number of nitrogens with one attached hydrogen (secondary N) is 1. The summed E-state index contributed by atoms with van der Waals surface area (Å²) in [5.74, 6) is 0.0514. The molecule has 29 heavy (non-hydrogen) atoms. The third kappa shape index (κ3) is 4.35. The van der Waals surface area contributed by atoms with E-state index in [4.69, 9.17) is 0 Å². The Balaban J connectivity index is 1.57. The molecule has 5 heteroatoms. The van der Waals surface area contributed by atoms with E-state index in [1.54, 1.807) is 29.1 Å². The third-order valence-electron chi connectivity index (χ3n) is 4.64. The van der Waals surface area contributed by atoms with Gasteiger partial charge >= 0.3 is 0 Å². The minimum atomic E-state index is -0.175. The number of amides is 1. The number of phenols is 1. The number of carbonyl (C=O) groups excluding carboxylic acids is 1. The molecule has 0 spiro atoms. The van der Waals surface area contributed by atoms with Gasteiger partial charge in [-0.2, -0.15) is 5.10 Å². The van der Waals surface area contributed by atoms with Gasteiger partial charge in [-0.15, -0.1) is 0 Å². The van der Waals surface area contributed by atoms with Gasteiger partial charge in [0.2, 0.25) is 0 Å². The summed E-state index contributed by atoms with van der Waals surface area (Å²) in [6.45, 7) is 0.465. The lowest BCUT2D eigenvalue weighted by Crippen LogP contribution is -2.25. The van der Waals surface area contributed by atoms with Crippen molar-refractivity contribution in [3.05, 3.63) is 102 Å². The minimum absolute atomic E-state index is 0.175. The van der Waals surface area contributed by atoms with Gasteiger partial charge in [0.25, 0.3) is 5.91 Å². The molecule has 2 N–H and O–H groups in total. The number of rotatable bonds is 6. The smallest absolute Gasteiger partial charge is 0.255 e. The fourth-order valence-electron chi connectivity index (χ4n) is 3.19. The van der Waals surface area contributed by atoms with Gasteiger partial charge in [-0.1, -0.05) is 60.7 Å². The van der Waals surface area contributed by atoms with Crippen LogP contribution in [0.5, 0.6) is 5.75 Å². The van der Waals surface area contributed by atoms with Crippen LogP contribution in [0.1, 0.15) is 15.9 Å². The van der Waals surface area contributed by atoms with Crippen LogP contribution in [0.2, 0.25) is 0 Å². The maximum absolute atomic E-state index is 12.9. The number of hydrogen-bond donors (Lipinski definition) is 2. The van der Waals surface area contributed by atoms with E-state index in [1.165, 1.54) is 0 Å². The van der Waals surface area contributed by atoms with Crippen LogP contribution in [-0.4, -0.2) is 27.3 Å². The number of benzene rings is 3. The van der Waals surface area contributed by atoms with Crippen molar-refractivity contribution in [3.8, 4) is 22.7 Å². The molecule has 5 nitrogen and oxygen atoms in total. The number of aromatic nitrogens is 2. The van der Waals surface area contributed by atoms with Crippen molar-refractivity contribution in [2.45, 2.75) is 6.42 Å². The Kier molecular flexibility index (Phi) is 5.38. The lowest BCUT2D eigenvalue weighted by Gasteiger charge is -2.06. The van der Waals surface area contributed by atoms with Crippen LogP contribution in [-0.2, 0) is 6.42 Å². The van der Waals surface area contributed by atoms with Crippen molar-refractivity contribution < 1.29 is 9.90 Å². The second-order valence-electron chi connectivity index (χ2n) is 6.71. The molecule has 0 unspecified atom stereocenters. The van der Waals surface area contributed by atoms with Crippen LogP contribution >= 0.6 is 0 Å². The predicted octanol–water partition coefficient (Wildman–Crippen LogP) is 4.22. The molecule has 144 valence electrons. The topological polar surface area (TPSA) is 67.2 Å². The molecule has 0 aliphatic carbocycles. The molecule has 1 heterocycles. The van der Waals surface area contributed by atoms with Crippen molar-refractivity contribution >= 4 is 5.91 Å². The normalized spacial score (nSPS) is 10.6. The molecule has 0 atom stereocenters. The van der Waals surface area contributed by atoms with E-state index in [1.807, 2.05) is 66.7 Å². The predicted molar refractivity (Wildman–Crippen MR) is 113 cm³/mol. The molecular weight excluding hydrogens is 362 g/mol. The Morgan fingerprint density at radius 1 is 0.931 bits per heavy atom. The molecule has 0 aliphatic rings. The Bertz CT molecular complexity index is 1110. The number of aromatic hydroxyl groups is 1. The van der Waals surface area contributed by atoms with Crippen LogP contribution in [0.3, 0.4) is 0 Å². The van der Waals surface area contributed by atoms with Gasteiger partial charge in [-0.05, 0) is 36.2 Å². The summed E-state index contributed by atoms with van der Waals surface area (Å²) in [4.78, 5) is 12.9. The van der Waals surface area contributed by atoms with Crippen LogP contribution in [0, 0.1) is 0 Å². The first-order valence-electron chi connectivity index (χ1n) is 9.47. The summed E-state index contributed by atoms with van der Waals surface area (Å²) in [5.41, 5.74) is 3.91. The first-order valence-corrected chi connectivity index (χ1v) is 9.47. The molecule has 1 aromatic heterocycles. The second-order valence-corrected chi connectivity index (χ2v) is 6.71. The van der Waals surface area contributed by atoms with E-state index < -0.39 is 0 Å². The van der Waals surface area contributed by atoms with Gasteiger partial charge < -0.3 is 10.4 Å². The summed E-state index contributed by atoms with van der Waals surface area (Å²) >= 11 is 0. The highest BCUT2D eigenvalue weighted by molar-refractivity contribution is 5.99. The zero-order chi connectivity index (χ0) is 20.1. The van der Waals surface area contributed by atoms with Gasteiger partial charge in [0, 0.05) is 18.3 Å². The molecule has 0 aliphatic heterocycles. The highest BCUT2D eigenvalue weighted by Gasteiger charge is 2.18. The molecule has 4 rings (SSSR count). The standard InChI is InChI=1S/C24H21N3O2/c28-21-13-7-8-18(16-21)14-15-25-24(29)22-17-27(20-11-5-2-6-12-20)26-23(22)19-9-3-1-4-10-19/h1-13,16-17,28H,14-15H2,(H,25,29). The molecule has 0 saturated carbocycles. The van der Waals surface area contributed by atoms with E-state index in [2.05, 4.69) is 10.4 Å². The lowest BCUT2D eigenvalue weighted by atomic mass is 10.1. The van der Waals surface area contributed by atoms with Crippen molar-refractivity contribution in [3.63, 3.8) is 0 Å². The quantitative estimate of drug-likeness (QED) is 0.524. The summed E-state index contributed by atoms with van der Waals surface area (Å²) in [7, 11) is 0. The first-order chi connectivity index (χ1) is 14.2. The Morgan fingerprint density at radius 2 is 1.66 bits per heavy atom. The van der Waals surface area contributed by atoms with Crippen LogP contribution < -0.4 is 5.32 Å². The van der Waals surface area contributed by atoms with E-state index >= 15 is 0 Å². The highest BCUT2D eigenvalue weighted by Crippen LogP contribution is 2.23. The SMILES string of the molecule is O=C(NCCc1cccc(O)c1)c1cn(-c2ccccc2)nc1-c1ccccc1. The van der Waals surface area contributed by atoms with Gasteiger partial charge in [0.05, 0.1) is 11.3 Å². The Labute approximate surface area is 169 Å². The number of phenolic OH excluding ortho intramolecular Hbond substituents is 1. The summed E-state index contributed by atoms with van der Waals surface area (Å²) < 4.78 is 1.73. The largest absolute Gasteiger partial charge is 0.508 e. The van der Waals surface area contributed by atoms with Crippen molar-refractivity contribution in [1.82, 2.24) is 15.1 Å². The van der Waals surface area contributed by atoms with Crippen LogP contribution in [0.4, 0.5) is 0 Å². The van der Waals surface area contributed by atoms with Crippen molar-refractivity contribution in [2.24, 2.45) is 0 Å². The Hall–Kier alpha value is -3.86. The average molecular weight is 383 g/mol. The summed E-state index contributed by atoms with van der Waals surface area (Å²) in [6.07, 6.45) is 2.40. The number of carbonyl (C=O) groups is 1. The maximum atomic E-state index is 12.9. The van der Waals surface area contributed by atoms with E-state index in [0.717, 1.165) is 16.8 Å². The second kappa shape index (κ2) is 8.44. The third-order valence-corrected chi connectivity index (χ3v) is 4.64. The summed E-state index contributed by atoms with van der Waals surface area (Å²) in [6, 6.07) is 26.5. The lowest BCUT2D eigenvalue weighted by molar-refractivity contribution is 0.0955. The molecular formula is C24H21N3O2. The summed E-state index contributed by atoms with van der Waals surface area (Å²) in [5, 5.41) is 17.2. The first kappa shape index (κ1) is 18.5. The van der Waals surface area contributed by atoms with Gasteiger partial charge in [-0.25, -0.2) is 4.68 Å². The van der Waals surface area contributed by atoms with Gasteiger partial charge in [0.1, 0.15) is 11.4 Å². The number of nitrogens with zero attached hydrogens (tertiary/aromatic N) is 2. The van der Waals surface area contributed by atoms with Crippen LogP contribution in [0.25, 0.3) is 16.9 Å². The van der Waals surface area contributed by atoms with Crippen LogP contribution in [0.15, 0.2) is 91.1 Å². The molecule has 1 amide bonds. The fraction of sp³-hybridized carbons (Fsp3) is 0.0833. The van der Waals surface area contributed by atoms with E-state index in [-0.39, 0.29) is 11.7 Å². The molecule has 4 aromatic rings. The van der Waals surface area contributed by atoms with Gasteiger partial charge in [0.15, 0.2) is 0 Å². The molecule has 3 aromatic carbocycles. The highest BCUT2D eigenvalue weighted by atomic mass is 16.3. The van der Waals surface area contributed by atoms with Crippen molar-refractivity contribution in [2.75, 3.05) is 6.54 Å². The molecule has 0 radical (unpaired) electrons.